The number of aliphatic hydroxyl groups excluding tert-OH is 1. The quantitative estimate of drug-likeness (QED) is 0.210. The lowest BCUT2D eigenvalue weighted by molar-refractivity contribution is -0.154. The molecule has 2 N–H and O–H groups in total. The summed E-state index contributed by atoms with van der Waals surface area (Å²) in [5, 5.41) is 12.1. The number of halogens is 1. The Morgan fingerprint density at radius 3 is 2.71 bits per heavy atom. The molecule has 0 aromatic heterocycles. The Morgan fingerprint density at radius 2 is 2.00 bits per heavy atom. The predicted molar refractivity (Wildman–Crippen MR) is 125 cm³/mol. The van der Waals surface area contributed by atoms with Crippen LogP contribution < -0.4 is 5.32 Å². The van der Waals surface area contributed by atoms with Crippen LogP contribution in [0.3, 0.4) is 0 Å². The maximum atomic E-state index is 13.7. The molecule has 192 valence electrons. The van der Waals surface area contributed by atoms with E-state index in [2.05, 4.69) is 26.1 Å². The van der Waals surface area contributed by atoms with Crippen molar-refractivity contribution >= 4 is 33.7 Å². The van der Waals surface area contributed by atoms with E-state index in [1.807, 2.05) is 0 Å². The number of alkyl halides is 1. The van der Waals surface area contributed by atoms with Crippen LogP contribution in [0.25, 0.3) is 0 Å². The lowest BCUT2D eigenvalue weighted by atomic mass is 9.70. The fourth-order valence-electron chi connectivity index (χ4n) is 6.01. The van der Waals surface area contributed by atoms with Crippen LogP contribution >= 0.6 is 15.9 Å². The molecule has 4 rings (SSSR count). The molecule has 0 aliphatic carbocycles. The van der Waals surface area contributed by atoms with Gasteiger partial charge in [-0.2, -0.15) is 0 Å². The summed E-state index contributed by atoms with van der Waals surface area (Å²) in [4.78, 5) is 43.8. The van der Waals surface area contributed by atoms with Gasteiger partial charge in [0.25, 0.3) is 0 Å². The van der Waals surface area contributed by atoms with Gasteiger partial charge in [0.1, 0.15) is 11.6 Å². The Labute approximate surface area is 208 Å². The number of hydrogen-bond donors (Lipinski definition) is 2. The first-order chi connectivity index (χ1) is 16.4. The molecule has 0 aromatic rings. The normalized spacial score (nSPS) is 35.0. The van der Waals surface area contributed by atoms with Crippen molar-refractivity contribution in [2.75, 3.05) is 59.2 Å². The van der Waals surface area contributed by atoms with Crippen molar-refractivity contribution in [1.82, 2.24) is 15.1 Å². The predicted octanol–water partition coefficient (Wildman–Crippen LogP) is -0.0915. The number of likely N-dealkylation sites (tertiary alicyclic amines) is 1. The van der Waals surface area contributed by atoms with Crippen molar-refractivity contribution in [1.29, 1.82) is 0 Å². The molecule has 0 aromatic carbocycles. The van der Waals surface area contributed by atoms with Crippen LogP contribution in [0.1, 0.15) is 32.6 Å². The van der Waals surface area contributed by atoms with E-state index in [-0.39, 0.29) is 29.9 Å². The van der Waals surface area contributed by atoms with Gasteiger partial charge in [-0.1, -0.05) is 15.9 Å². The zero-order valence-electron chi connectivity index (χ0n) is 19.7. The van der Waals surface area contributed by atoms with Crippen LogP contribution in [0, 0.1) is 11.8 Å². The number of amides is 2. The maximum Gasteiger partial charge on any atom is 0.312 e. The molecule has 11 heteroatoms. The van der Waals surface area contributed by atoms with E-state index in [0.717, 1.165) is 19.5 Å². The molecule has 4 fully saturated rings. The average Bonchev–Trinajstić information content (AvgIpc) is 3.41. The number of esters is 1. The van der Waals surface area contributed by atoms with Gasteiger partial charge in [0.2, 0.25) is 11.8 Å². The van der Waals surface area contributed by atoms with Crippen LogP contribution in [0.5, 0.6) is 0 Å². The number of ether oxygens (including phenoxy) is 3. The lowest BCUT2D eigenvalue weighted by Crippen LogP contribution is -2.56. The monoisotopic (exact) mass is 545 g/mol. The molecule has 1 spiro atoms. The van der Waals surface area contributed by atoms with Crippen LogP contribution in [0.2, 0.25) is 0 Å². The third-order valence-electron chi connectivity index (χ3n) is 7.48. The van der Waals surface area contributed by atoms with Gasteiger partial charge in [-0.3, -0.25) is 19.3 Å². The highest BCUT2D eigenvalue weighted by atomic mass is 79.9. The SMILES string of the molecule is CCOC(=O)[C@H]1[C@@H]2O[C@@]3(CC2Br)[C@@H]1C(=O)N(CCCCCO)[C@@H]3C(=O)NCCN1CCOCC1. The van der Waals surface area contributed by atoms with Gasteiger partial charge < -0.3 is 29.5 Å². The minimum absolute atomic E-state index is 0.0902. The summed E-state index contributed by atoms with van der Waals surface area (Å²) < 4.78 is 17.1. The molecular weight excluding hydrogens is 510 g/mol. The summed E-state index contributed by atoms with van der Waals surface area (Å²) in [6.07, 6.45) is 2.04. The molecule has 34 heavy (non-hydrogen) atoms. The Morgan fingerprint density at radius 1 is 1.24 bits per heavy atom. The van der Waals surface area contributed by atoms with Crippen molar-refractivity contribution in [2.45, 2.75) is 55.2 Å². The Kier molecular flexibility index (Phi) is 8.50. The zero-order chi connectivity index (χ0) is 24.3. The maximum absolute atomic E-state index is 13.7. The second-order valence-corrected chi connectivity index (χ2v) is 10.7. The van der Waals surface area contributed by atoms with E-state index in [1.165, 1.54) is 0 Å². The Balaban J connectivity index is 1.53. The molecular formula is C23H36BrN3O7. The number of nitrogens with one attached hydrogen (secondary N) is 1. The van der Waals surface area contributed by atoms with E-state index in [4.69, 9.17) is 19.3 Å². The number of aliphatic hydroxyl groups is 1. The number of carbonyl (C=O) groups excluding carboxylic acids is 3. The van der Waals surface area contributed by atoms with Gasteiger partial charge in [-0.15, -0.1) is 0 Å². The fourth-order valence-corrected chi connectivity index (χ4v) is 6.95. The lowest BCUT2D eigenvalue weighted by Gasteiger charge is -2.34. The first kappa shape index (κ1) is 25.8. The van der Waals surface area contributed by atoms with E-state index in [1.54, 1.807) is 11.8 Å². The first-order valence-electron chi connectivity index (χ1n) is 12.4. The summed E-state index contributed by atoms with van der Waals surface area (Å²) in [6, 6.07) is -0.798. The van der Waals surface area contributed by atoms with Crippen molar-refractivity contribution in [3.8, 4) is 0 Å². The van der Waals surface area contributed by atoms with Gasteiger partial charge in [0.15, 0.2) is 0 Å². The van der Waals surface area contributed by atoms with Crippen molar-refractivity contribution in [3.63, 3.8) is 0 Å². The average molecular weight is 546 g/mol. The summed E-state index contributed by atoms with van der Waals surface area (Å²) in [5.41, 5.74) is -1.05. The summed E-state index contributed by atoms with van der Waals surface area (Å²) in [6.45, 7) is 6.65. The van der Waals surface area contributed by atoms with E-state index < -0.39 is 35.6 Å². The number of unbranched alkanes of at least 4 members (excludes halogenated alkanes) is 2. The number of fused-ring (bicyclic) bond motifs is 1. The Hall–Kier alpha value is -1.27. The van der Waals surface area contributed by atoms with Gasteiger partial charge in [0, 0.05) is 44.2 Å². The van der Waals surface area contributed by atoms with Gasteiger partial charge in [-0.05, 0) is 32.6 Å². The number of rotatable bonds is 11. The largest absolute Gasteiger partial charge is 0.466 e. The van der Waals surface area contributed by atoms with Crippen molar-refractivity contribution in [2.24, 2.45) is 11.8 Å². The fraction of sp³-hybridized carbons (Fsp3) is 0.870. The van der Waals surface area contributed by atoms with Crippen LogP contribution in [-0.2, 0) is 28.6 Å². The van der Waals surface area contributed by atoms with E-state index in [9.17, 15) is 14.4 Å². The van der Waals surface area contributed by atoms with Crippen LogP contribution in [-0.4, -0.2) is 114 Å². The highest BCUT2D eigenvalue weighted by Crippen LogP contribution is 2.60. The second-order valence-electron chi connectivity index (χ2n) is 9.48. The Bertz CT molecular complexity index is 765. The standard InChI is InChI=1S/C23H36BrN3O7/c1-2-33-22(31)16-17-21(30)27(7-4-3-5-11-28)19(23(17)14-15(24)18(16)34-23)20(29)25-6-8-26-9-12-32-13-10-26/h15-19,28H,2-14H2,1H3,(H,25,29)/t15?,16-,17+,18-,19-,23+/m1/s1. The van der Waals surface area contributed by atoms with Gasteiger partial charge in [-0.25, -0.2) is 0 Å². The highest BCUT2D eigenvalue weighted by Gasteiger charge is 2.76. The molecule has 6 atom stereocenters. The zero-order valence-corrected chi connectivity index (χ0v) is 21.3. The molecule has 4 aliphatic heterocycles. The van der Waals surface area contributed by atoms with Crippen LogP contribution in [0.15, 0.2) is 0 Å². The summed E-state index contributed by atoms with van der Waals surface area (Å²) in [5.74, 6) is -2.34. The van der Waals surface area contributed by atoms with Crippen molar-refractivity contribution in [3.05, 3.63) is 0 Å². The van der Waals surface area contributed by atoms with Gasteiger partial charge >= 0.3 is 5.97 Å². The molecule has 10 nitrogen and oxygen atoms in total. The third kappa shape index (κ3) is 4.74. The minimum Gasteiger partial charge on any atom is -0.466 e. The van der Waals surface area contributed by atoms with Crippen molar-refractivity contribution < 1.29 is 33.7 Å². The molecule has 0 saturated carbocycles. The molecule has 4 heterocycles. The smallest absolute Gasteiger partial charge is 0.312 e. The molecule has 2 bridgehead atoms. The summed E-state index contributed by atoms with van der Waals surface area (Å²) >= 11 is 3.64. The number of carbonyl (C=O) groups is 3. The molecule has 2 amide bonds. The second kappa shape index (κ2) is 11.2. The molecule has 0 radical (unpaired) electrons. The van der Waals surface area contributed by atoms with E-state index >= 15 is 0 Å². The minimum atomic E-state index is -1.05. The highest BCUT2D eigenvalue weighted by molar-refractivity contribution is 9.09. The number of hydrogen-bond acceptors (Lipinski definition) is 8. The number of morpholine rings is 1. The molecule has 4 aliphatic rings. The first-order valence-corrected chi connectivity index (χ1v) is 13.3. The third-order valence-corrected chi connectivity index (χ3v) is 8.33. The number of nitrogens with zero attached hydrogens (tertiary/aromatic N) is 2. The molecule has 1 unspecified atom stereocenters. The van der Waals surface area contributed by atoms with Crippen LogP contribution in [0.4, 0.5) is 0 Å². The topological polar surface area (TPSA) is 118 Å². The summed E-state index contributed by atoms with van der Waals surface area (Å²) in [7, 11) is 0. The van der Waals surface area contributed by atoms with Gasteiger partial charge in [0.05, 0.1) is 37.8 Å². The molecule has 4 saturated heterocycles. The van der Waals surface area contributed by atoms with E-state index in [0.29, 0.717) is 52.1 Å².